The van der Waals surface area contributed by atoms with Crippen LogP contribution in [0.25, 0.3) is 0 Å². The van der Waals surface area contributed by atoms with Crippen LogP contribution < -0.4 is 5.32 Å². The number of nitrogens with zero attached hydrogens (tertiary/aromatic N) is 2. The largest absolute Gasteiger partial charge is 0.339 e. The fourth-order valence-corrected chi connectivity index (χ4v) is 3.71. The molecule has 1 heterocycles. The first-order valence-electron chi connectivity index (χ1n) is 7.99. The molecule has 1 N–H and O–H groups in total. The Morgan fingerprint density at radius 2 is 1.79 bits per heavy atom. The third-order valence-corrected chi connectivity index (χ3v) is 5.82. The minimum absolute atomic E-state index is 0. The summed E-state index contributed by atoms with van der Waals surface area (Å²) in [5.74, 6) is -0.153. The Balaban J connectivity index is 0.00000288. The van der Waals surface area contributed by atoms with E-state index >= 15 is 0 Å². The van der Waals surface area contributed by atoms with E-state index in [4.69, 9.17) is 0 Å². The lowest BCUT2D eigenvalue weighted by molar-refractivity contribution is -0.131. The highest BCUT2D eigenvalue weighted by Gasteiger charge is 2.25. The number of benzene rings is 1. The first-order chi connectivity index (χ1) is 10.9. The Labute approximate surface area is 150 Å². The van der Waals surface area contributed by atoms with Crippen molar-refractivity contribution >= 4 is 28.3 Å². The maximum Gasteiger partial charge on any atom is 0.243 e. The lowest BCUT2D eigenvalue weighted by Gasteiger charge is -2.29. The van der Waals surface area contributed by atoms with Crippen LogP contribution in [0.4, 0.5) is 0 Å². The summed E-state index contributed by atoms with van der Waals surface area (Å²) in [5.41, 5.74) is 1.12. The monoisotopic (exact) mass is 375 g/mol. The number of aryl methyl sites for hydroxylation is 1. The molecular formula is C16H26ClN3O3S. The van der Waals surface area contributed by atoms with E-state index in [9.17, 15) is 13.2 Å². The summed E-state index contributed by atoms with van der Waals surface area (Å²) in [7, 11) is -2.18. The molecule has 0 bridgehead atoms. The number of hydrogen-bond donors (Lipinski definition) is 1. The van der Waals surface area contributed by atoms with E-state index in [1.807, 2.05) is 12.1 Å². The van der Waals surface area contributed by atoms with E-state index in [0.717, 1.165) is 35.8 Å². The second-order valence-electron chi connectivity index (χ2n) is 5.79. The molecule has 0 aliphatic carbocycles. The normalized spacial score (nSPS) is 15.2. The number of sulfonamides is 1. The van der Waals surface area contributed by atoms with Crippen LogP contribution in [0.15, 0.2) is 29.2 Å². The summed E-state index contributed by atoms with van der Waals surface area (Å²) in [5, 5.41) is 3.17. The van der Waals surface area contributed by atoms with Crippen molar-refractivity contribution in [3.05, 3.63) is 29.8 Å². The van der Waals surface area contributed by atoms with Crippen LogP contribution in [-0.2, 0) is 21.2 Å². The molecule has 0 saturated carbocycles. The summed E-state index contributed by atoms with van der Waals surface area (Å²) in [4.78, 5) is 14.1. The molecule has 24 heavy (non-hydrogen) atoms. The topological polar surface area (TPSA) is 69.7 Å². The minimum Gasteiger partial charge on any atom is -0.339 e. The van der Waals surface area contributed by atoms with Gasteiger partial charge in [-0.25, -0.2) is 8.42 Å². The maximum absolute atomic E-state index is 12.6. The van der Waals surface area contributed by atoms with Gasteiger partial charge in [0.05, 0.1) is 11.4 Å². The molecule has 1 fully saturated rings. The molecule has 1 aliphatic rings. The Morgan fingerprint density at radius 3 is 2.33 bits per heavy atom. The molecule has 1 saturated heterocycles. The number of likely N-dealkylation sites (N-methyl/N-ethyl adjacent to an activating group) is 1. The van der Waals surface area contributed by atoms with Gasteiger partial charge in [0.1, 0.15) is 0 Å². The standard InChI is InChI=1S/C16H25N3O3S.ClH/c1-3-4-14-5-7-15(8-6-14)23(21,22)18(2)13-16(20)19-11-9-17-10-12-19;/h5-8,17H,3-4,9-13H2,1-2H3;1H. The molecular weight excluding hydrogens is 350 g/mol. The molecule has 136 valence electrons. The predicted molar refractivity (Wildman–Crippen MR) is 97.0 cm³/mol. The molecule has 1 aliphatic heterocycles. The van der Waals surface area contributed by atoms with Gasteiger partial charge in [-0.1, -0.05) is 25.5 Å². The Morgan fingerprint density at radius 1 is 1.21 bits per heavy atom. The minimum atomic E-state index is -3.63. The third kappa shape index (κ3) is 5.17. The summed E-state index contributed by atoms with van der Waals surface area (Å²) in [6, 6.07) is 6.91. The van der Waals surface area contributed by atoms with Gasteiger partial charge in [-0.3, -0.25) is 4.79 Å². The van der Waals surface area contributed by atoms with Crippen LogP contribution in [0.3, 0.4) is 0 Å². The quantitative estimate of drug-likeness (QED) is 0.808. The Hall–Kier alpha value is -1.15. The third-order valence-electron chi connectivity index (χ3n) is 4.00. The molecule has 6 nitrogen and oxygen atoms in total. The second kappa shape index (κ2) is 9.36. The van der Waals surface area contributed by atoms with Gasteiger partial charge in [-0.2, -0.15) is 4.31 Å². The van der Waals surface area contributed by atoms with E-state index in [0.29, 0.717) is 13.1 Å². The van der Waals surface area contributed by atoms with Crippen LogP contribution in [0.5, 0.6) is 0 Å². The fraction of sp³-hybridized carbons (Fsp3) is 0.562. The van der Waals surface area contributed by atoms with Crippen LogP contribution in [0, 0.1) is 0 Å². The molecule has 0 unspecified atom stereocenters. The highest BCUT2D eigenvalue weighted by atomic mass is 35.5. The summed E-state index contributed by atoms with van der Waals surface area (Å²) in [6.07, 6.45) is 1.95. The molecule has 1 aromatic rings. The number of amides is 1. The van der Waals surface area contributed by atoms with Crippen molar-refractivity contribution in [2.45, 2.75) is 24.7 Å². The van der Waals surface area contributed by atoms with Crippen LogP contribution in [-0.4, -0.2) is 63.3 Å². The molecule has 0 aromatic heterocycles. The molecule has 1 amide bonds. The highest BCUT2D eigenvalue weighted by Crippen LogP contribution is 2.16. The van der Waals surface area contributed by atoms with Crippen LogP contribution in [0.2, 0.25) is 0 Å². The van der Waals surface area contributed by atoms with E-state index in [1.54, 1.807) is 17.0 Å². The van der Waals surface area contributed by atoms with Gasteiger partial charge in [-0.05, 0) is 24.1 Å². The van der Waals surface area contributed by atoms with Crippen molar-refractivity contribution in [2.24, 2.45) is 0 Å². The van der Waals surface area contributed by atoms with Crippen LogP contribution in [0.1, 0.15) is 18.9 Å². The van der Waals surface area contributed by atoms with Gasteiger partial charge in [0.15, 0.2) is 0 Å². The van der Waals surface area contributed by atoms with Gasteiger partial charge in [0.2, 0.25) is 15.9 Å². The van der Waals surface area contributed by atoms with E-state index < -0.39 is 10.0 Å². The fourth-order valence-electron chi connectivity index (χ4n) is 2.59. The van der Waals surface area contributed by atoms with Gasteiger partial charge < -0.3 is 10.2 Å². The zero-order valence-electron chi connectivity index (χ0n) is 14.2. The van der Waals surface area contributed by atoms with Gasteiger partial charge >= 0.3 is 0 Å². The summed E-state index contributed by atoms with van der Waals surface area (Å²) >= 11 is 0. The average molecular weight is 376 g/mol. The average Bonchev–Trinajstić information content (AvgIpc) is 2.56. The highest BCUT2D eigenvalue weighted by molar-refractivity contribution is 7.89. The van der Waals surface area contributed by atoms with Crippen LogP contribution >= 0.6 is 12.4 Å². The number of nitrogens with one attached hydrogen (secondary N) is 1. The summed E-state index contributed by atoms with van der Waals surface area (Å²) in [6.45, 7) is 4.71. The maximum atomic E-state index is 12.6. The number of carbonyl (C=O) groups is 1. The Bertz CT molecular complexity index is 628. The number of hydrogen-bond acceptors (Lipinski definition) is 4. The van der Waals surface area contributed by atoms with Crippen molar-refractivity contribution in [3.63, 3.8) is 0 Å². The second-order valence-corrected chi connectivity index (χ2v) is 7.83. The van der Waals surface area contributed by atoms with Crippen molar-refractivity contribution in [1.29, 1.82) is 0 Å². The van der Waals surface area contributed by atoms with Crippen molar-refractivity contribution in [1.82, 2.24) is 14.5 Å². The molecule has 0 radical (unpaired) electrons. The van der Waals surface area contributed by atoms with Crippen molar-refractivity contribution in [2.75, 3.05) is 39.8 Å². The smallest absolute Gasteiger partial charge is 0.243 e. The van der Waals surface area contributed by atoms with E-state index in [-0.39, 0.29) is 29.8 Å². The lowest BCUT2D eigenvalue weighted by Crippen LogP contribution is -2.49. The molecule has 1 aromatic carbocycles. The first-order valence-corrected chi connectivity index (χ1v) is 9.43. The van der Waals surface area contributed by atoms with E-state index in [2.05, 4.69) is 12.2 Å². The first kappa shape index (κ1) is 20.9. The zero-order valence-corrected chi connectivity index (χ0v) is 15.8. The predicted octanol–water partition coefficient (Wildman–Crippen LogP) is 1.11. The number of carbonyl (C=O) groups excluding carboxylic acids is 1. The summed E-state index contributed by atoms with van der Waals surface area (Å²) < 4.78 is 26.3. The SMILES string of the molecule is CCCc1ccc(S(=O)(=O)N(C)CC(=O)N2CCNCC2)cc1.Cl. The molecule has 8 heteroatoms. The van der Waals surface area contributed by atoms with Gasteiger partial charge in [-0.15, -0.1) is 12.4 Å². The number of piperazine rings is 1. The van der Waals surface area contributed by atoms with Crippen molar-refractivity contribution in [3.8, 4) is 0 Å². The van der Waals surface area contributed by atoms with Gasteiger partial charge in [0, 0.05) is 33.2 Å². The Kier molecular flexibility index (Phi) is 8.15. The van der Waals surface area contributed by atoms with Crippen molar-refractivity contribution < 1.29 is 13.2 Å². The molecule has 0 atom stereocenters. The zero-order chi connectivity index (χ0) is 16.9. The van der Waals surface area contributed by atoms with E-state index in [1.165, 1.54) is 7.05 Å². The number of halogens is 1. The molecule has 0 spiro atoms. The molecule has 2 rings (SSSR count). The number of rotatable bonds is 6. The lowest BCUT2D eigenvalue weighted by atomic mass is 10.1. The van der Waals surface area contributed by atoms with Gasteiger partial charge in [0.25, 0.3) is 0 Å².